The van der Waals surface area contributed by atoms with Crippen molar-refractivity contribution >= 4 is 5.91 Å². The number of halogens is 1. The molecule has 1 aliphatic heterocycles. The molecule has 1 aromatic rings. The van der Waals surface area contributed by atoms with Gasteiger partial charge in [-0.25, -0.2) is 4.39 Å². The zero-order chi connectivity index (χ0) is 13.2. The summed E-state index contributed by atoms with van der Waals surface area (Å²) >= 11 is 0. The van der Waals surface area contributed by atoms with Gasteiger partial charge in [-0.2, -0.15) is 0 Å². The van der Waals surface area contributed by atoms with E-state index < -0.39 is 5.82 Å². The topological polar surface area (TPSA) is 33.2 Å². The van der Waals surface area contributed by atoms with E-state index in [9.17, 15) is 9.18 Å². The zero-order valence-electron chi connectivity index (χ0n) is 10.9. The van der Waals surface area contributed by atoms with E-state index in [4.69, 9.17) is 0 Å². The largest absolute Gasteiger partial charge is 0.339 e. The Hall–Kier alpha value is -1.45. The fraction of sp³-hybridized carbons (Fsp3) is 0.571. The third kappa shape index (κ3) is 2.52. The van der Waals surface area contributed by atoms with Crippen LogP contribution in [-0.2, 0) is 0 Å². The summed E-state index contributed by atoms with van der Waals surface area (Å²) in [7, 11) is 0. The SMILES string of the molecule is CCC1(C)CCN(C(=O)c2ccncc2F)CC1. The molecule has 3 nitrogen and oxygen atoms in total. The van der Waals surface area contributed by atoms with Crippen molar-refractivity contribution in [2.24, 2.45) is 5.41 Å². The number of carbonyl (C=O) groups is 1. The summed E-state index contributed by atoms with van der Waals surface area (Å²) in [6.07, 6.45) is 5.65. The van der Waals surface area contributed by atoms with Crippen LogP contribution in [0, 0.1) is 11.2 Å². The molecular weight excluding hydrogens is 231 g/mol. The van der Waals surface area contributed by atoms with Gasteiger partial charge in [0.1, 0.15) is 0 Å². The second kappa shape index (κ2) is 5.04. The Morgan fingerprint density at radius 2 is 2.17 bits per heavy atom. The molecule has 98 valence electrons. The molecule has 0 saturated carbocycles. The van der Waals surface area contributed by atoms with E-state index in [0.29, 0.717) is 18.5 Å². The van der Waals surface area contributed by atoms with E-state index >= 15 is 0 Å². The summed E-state index contributed by atoms with van der Waals surface area (Å²) in [5, 5.41) is 0. The van der Waals surface area contributed by atoms with Crippen LogP contribution in [0.15, 0.2) is 18.5 Å². The Balaban J connectivity index is 2.07. The lowest BCUT2D eigenvalue weighted by Crippen LogP contribution is -2.42. The fourth-order valence-electron chi connectivity index (χ4n) is 2.32. The van der Waals surface area contributed by atoms with Gasteiger partial charge in [-0.15, -0.1) is 0 Å². The molecule has 1 saturated heterocycles. The standard InChI is InChI=1S/C14H19FN2O/c1-3-14(2)5-8-17(9-6-14)13(18)11-4-7-16-10-12(11)15/h4,7,10H,3,5-6,8-9H2,1-2H3. The van der Waals surface area contributed by atoms with E-state index in [-0.39, 0.29) is 11.5 Å². The second-order valence-corrected chi connectivity index (χ2v) is 5.31. The average Bonchev–Trinajstić information content (AvgIpc) is 2.39. The van der Waals surface area contributed by atoms with Crippen LogP contribution in [0.3, 0.4) is 0 Å². The Morgan fingerprint density at radius 3 is 2.72 bits per heavy atom. The van der Waals surface area contributed by atoms with Gasteiger partial charge in [0.25, 0.3) is 5.91 Å². The van der Waals surface area contributed by atoms with Crippen LogP contribution in [-0.4, -0.2) is 28.9 Å². The van der Waals surface area contributed by atoms with Crippen molar-refractivity contribution in [2.75, 3.05) is 13.1 Å². The number of pyridine rings is 1. The monoisotopic (exact) mass is 250 g/mol. The van der Waals surface area contributed by atoms with Gasteiger partial charge in [0, 0.05) is 19.3 Å². The lowest BCUT2D eigenvalue weighted by atomic mass is 9.78. The third-order valence-corrected chi connectivity index (χ3v) is 4.11. The van der Waals surface area contributed by atoms with Crippen molar-refractivity contribution in [3.05, 3.63) is 29.8 Å². The van der Waals surface area contributed by atoms with Gasteiger partial charge >= 0.3 is 0 Å². The summed E-state index contributed by atoms with van der Waals surface area (Å²) < 4.78 is 13.5. The van der Waals surface area contributed by atoms with Crippen molar-refractivity contribution in [3.63, 3.8) is 0 Å². The first-order valence-corrected chi connectivity index (χ1v) is 6.44. The van der Waals surface area contributed by atoms with Crippen molar-refractivity contribution < 1.29 is 9.18 Å². The quantitative estimate of drug-likeness (QED) is 0.808. The lowest BCUT2D eigenvalue weighted by Gasteiger charge is -2.38. The van der Waals surface area contributed by atoms with E-state index in [1.165, 1.54) is 12.3 Å². The maximum Gasteiger partial charge on any atom is 0.256 e. The smallest absolute Gasteiger partial charge is 0.256 e. The molecule has 0 aliphatic carbocycles. The third-order valence-electron chi connectivity index (χ3n) is 4.11. The Bertz CT molecular complexity index is 439. The Kier molecular flexibility index (Phi) is 3.64. The second-order valence-electron chi connectivity index (χ2n) is 5.31. The van der Waals surface area contributed by atoms with Crippen LogP contribution in [0.4, 0.5) is 4.39 Å². The minimum absolute atomic E-state index is 0.130. The van der Waals surface area contributed by atoms with Crippen LogP contribution in [0.1, 0.15) is 43.5 Å². The summed E-state index contributed by atoms with van der Waals surface area (Å²) in [6.45, 7) is 5.86. The predicted octanol–water partition coefficient (Wildman–Crippen LogP) is 2.87. The molecule has 1 fully saturated rings. The highest BCUT2D eigenvalue weighted by molar-refractivity contribution is 5.94. The zero-order valence-corrected chi connectivity index (χ0v) is 10.9. The van der Waals surface area contributed by atoms with Crippen LogP contribution in [0.2, 0.25) is 0 Å². The summed E-state index contributed by atoms with van der Waals surface area (Å²) in [5.41, 5.74) is 0.457. The van der Waals surface area contributed by atoms with Gasteiger partial charge in [0.2, 0.25) is 0 Å². The van der Waals surface area contributed by atoms with Gasteiger partial charge < -0.3 is 4.90 Å². The molecule has 1 aromatic heterocycles. The Morgan fingerprint density at radius 1 is 1.50 bits per heavy atom. The molecule has 0 atom stereocenters. The molecule has 18 heavy (non-hydrogen) atoms. The van der Waals surface area contributed by atoms with E-state index in [1.54, 1.807) is 4.90 Å². The highest BCUT2D eigenvalue weighted by Gasteiger charge is 2.31. The van der Waals surface area contributed by atoms with E-state index in [0.717, 1.165) is 25.5 Å². The minimum Gasteiger partial charge on any atom is -0.339 e. The van der Waals surface area contributed by atoms with Crippen molar-refractivity contribution in [2.45, 2.75) is 33.1 Å². The summed E-state index contributed by atoms with van der Waals surface area (Å²) in [5.74, 6) is -0.751. The number of amides is 1. The number of likely N-dealkylation sites (tertiary alicyclic amines) is 1. The molecule has 0 aromatic carbocycles. The maximum absolute atomic E-state index is 13.5. The molecule has 1 amide bonds. The molecule has 0 bridgehead atoms. The summed E-state index contributed by atoms with van der Waals surface area (Å²) in [4.78, 5) is 17.6. The molecule has 0 N–H and O–H groups in total. The normalized spacial score (nSPS) is 18.7. The number of nitrogens with zero attached hydrogens (tertiary/aromatic N) is 2. The molecule has 0 spiro atoms. The number of piperidine rings is 1. The predicted molar refractivity (Wildman–Crippen MR) is 67.7 cm³/mol. The van der Waals surface area contributed by atoms with Gasteiger partial charge in [-0.05, 0) is 24.3 Å². The van der Waals surface area contributed by atoms with Gasteiger partial charge in [-0.1, -0.05) is 20.3 Å². The number of hydrogen-bond acceptors (Lipinski definition) is 2. The number of carbonyl (C=O) groups excluding carboxylic acids is 1. The van der Waals surface area contributed by atoms with Gasteiger partial charge in [0.15, 0.2) is 5.82 Å². The molecular formula is C14H19FN2O. The van der Waals surface area contributed by atoms with Crippen LogP contribution in [0.25, 0.3) is 0 Å². The van der Waals surface area contributed by atoms with Crippen molar-refractivity contribution in [1.82, 2.24) is 9.88 Å². The maximum atomic E-state index is 13.5. The number of aromatic nitrogens is 1. The Labute approximate surface area is 107 Å². The first-order chi connectivity index (χ1) is 8.56. The molecule has 0 unspecified atom stereocenters. The molecule has 2 rings (SSSR count). The van der Waals surface area contributed by atoms with Crippen molar-refractivity contribution in [3.8, 4) is 0 Å². The average molecular weight is 250 g/mol. The highest BCUT2D eigenvalue weighted by Crippen LogP contribution is 2.34. The van der Waals surface area contributed by atoms with Gasteiger partial charge in [0.05, 0.1) is 11.8 Å². The minimum atomic E-state index is -0.536. The fourth-order valence-corrected chi connectivity index (χ4v) is 2.32. The van der Waals surface area contributed by atoms with Crippen LogP contribution >= 0.6 is 0 Å². The first kappa shape index (κ1) is 13.0. The van der Waals surface area contributed by atoms with E-state index in [1.807, 2.05) is 0 Å². The molecule has 0 radical (unpaired) electrons. The molecule has 1 aliphatic rings. The van der Waals surface area contributed by atoms with Gasteiger partial charge in [-0.3, -0.25) is 9.78 Å². The first-order valence-electron chi connectivity index (χ1n) is 6.44. The van der Waals surface area contributed by atoms with Crippen LogP contribution in [0.5, 0.6) is 0 Å². The van der Waals surface area contributed by atoms with Crippen molar-refractivity contribution in [1.29, 1.82) is 0 Å². The lowest BCUT2D eigenvalue weighted by molar-refractivity contribution is 0.0595. The number of rotatable bonds is 2. The molecule has 2 heterocycles. The highest BCUT2D eigenvalue weighted by atomic mass is 19.1. The summed E-state index contributed by atoms with van der Waals surface area (Å²) in [6, 6.07) is 1.45. The van der Waals surface area contributed by atoms with Crippen LogP contribution < -0.4 is 0 Å². The van der Waals surface area contributed by atoms with E-state index in [2.05, 4.69) is 18.8 Å². The number of hydrogen-bond donors (Lipinski definition) is 0. The molecule has 4 heteroatoms.